The van der Waals surface area contributed by atoms with E-state index < -0.39 is 0 Å². The van der Waals surface area contributed by atoms with E-state index in [4.69, 9.17) is 0 Å². The van der Waals surface area contributed by atoms with Gasteiger partial charge in [-0.05, 0) is 220 Å². The number of nitrogens with zero attached hydrogens (tertiary/aromatic N) is 2. The van der Waals surface area contributed by atoms with Crippen LogP contribution in [-0.2, 0) is 43.3 Å². The molecule has 0 saturated carbocycles. The van der Waals surface area contributed by atoms with Crippen LogP contribution in [0.5, 0.6) is 0 Å². The molecular weight excluding hydrogens is 912 g/mol. The van der Waals surface area contributed by atoms with Crippen LogP contribution in [0.1, 0.15) is 200 Å². The van der Waals surface area contributed by atoms with Crippen LogP contribution in [-0.4, -0.2) is 6.71 Å². The maximum absolute atomic E-state index is 2.77. The Morgan fingerprint density at radius 3 is 1.72 bits per heavy atom. The average molecular weight is 993 g/mol. The summed E-state index contributed by atoms with van der Waals surface area (Å²) >= 11 is 2.05. The van der Waals surface area contributed by atoms with Gasteiger partial charge in [0, 0.05) is 33.0 Å². The van der Waals surface area contributed by atoms with Crippen molar-refractivity contribution in [1.82, 2.24) is 0 Å². The van der Waals surface area contributed by atoms with E-state index in [0.717, 1.165) is 6.42 Å². The Balaban J connectivity index is 1.20. The predicted molar refractivity (Wildman–Crippen MR) is 322 cm³/mol. The fraction of sp³-hybridized carbons (Fsp3) is 0.457. The minimum absolute atomic E-state index is 0.0201. The van der Waals surface area contributed by atoms with Gasteiger partial charge in [0.2, 0.25) is 0 Å². The molecular formula is C70H81BN2S. The molecule has 7 aliphatic rings. The highest BCUT2D eigenvalue weighted by atomic mass is 32.1. The molecule has 1 aromatic heterocycles. The van der Waals surface area contributed by atoms with Gasteiger partial charge in [-0.1, -0.05) is 160 Å². The first-order chi connectivity index (χ1) is 34.4. The summed E-state index contributed by atoms with van der Waals surface area (Å²) in [5.74, 6) is 0.414. The Morgan fingerprint density at radius 2 is 1.08 bits per heavy atom. The summed E-state index contributed by atoms with van der Waals surface area (Å²) in [4.78, 5) is 5.51. The van der Waals surface area contributed by atoms with E-state index in [2.05, 4.69) is 243 Å². The number of rotatable bonds is 1. The first-order valence-electron chi connectivity index (χ1n) is 28.4. The van der Waals surface area contributed by atoms with Crippen LogP contribution in [0.25, 0.3) is 21.2 Å². The minimum atomic E-state index is -0.103. The fourth-order valence-corrected chi connectivity index (χ4v) is 17.3. The molecule has 0 saturated heterocycles. The van der Waals surface area contributed by atoms with Gasteiger partial charge in [-0.3, -0.25) is 0 Å². The first-order valence-corrected chi connectivity index (χ1v) is 29.2. The lowest BCUT2D eigenvalue weighted by Crippen LogP contribution is -2.61. The summed E-state index contributed by atoms with van der Waals surface area (Å²) in [5, 5.41) is 2.83. The van der Waals surface area contributed by atoms with Gasteiger partial charge in [0.25, 0.3) is 6.71 Å². The number of benzene rings is 6. The minimum Gasteiger partial charge on any atom is -0.311 e. The summed E-state index contributed by atoms with van der Waals surface area (Å²) in [6.45, 7) is 44.8. The Morgan fingerprint density at radius 1 is 0.500 bits per heavy atom. The maximum Gasteiger partial charge on any atom is 0.254 e. The van der Waals surface area contributed by atoms with Gasteiger partial charge in [-0.15, -0.1) is 11.3 Å². The summed E-state index contributed by atoms with van der Waals surface area (Å²) in [6.07, 6.45) is 5.90. The van der Waals surface area contributed by atoms with Crippen LogP contribution in [0.2, 0.25) is 0 Å². The van der Waals surface area contributed by atoms with Crippen molar-refractivity contribution < 1.29 is 0 Å². The van der Waals surface area contributed by atoms with E-state index in [-0.39, 0.29) is 50.0 Å². The summed E-state index contributed by atoms with van der Waals surface area (Å²) in [7, 11) is 0. The molecule has 14 rings (SSSR count). The number of aryl methyl sites for hydroxylation is 1. The van der Waals surface area contributed by atoms with E-state index >= 15 is 0 Å². The summed E-state index contributed by atoms with van der Waals surface area (Å²) < 4.78 is 1.42. The van der Waals surface area contributed by atoms with Gasteiger partial charge in [-0.2, -0.15) is 0 Å². The first kappa shape index (κ1) is 48.6. The van der Waals surface area contributed by atoms with Crippen LogP contribution in [0, 0.1) is 12.8 Å². The molecule has 4 aliphatic heterocycles. The van der Waals surface area contributed by atoms with Crippen molar-refractivity contribution in [1.29, 1.82) is 0 Å². The highest BCUT2D eigenvalue weighted by Gasteiger charge is 2.54. The second-order valence-corrected chi connectivity index (χ2v) is 30.9. The largest absolute Gasteiger partial charge is 0.311 e. The topological polar surface area (TPSA) is 6.48 Å². The standard InChI is InChI=1S/C70H81BN2S/c1-40-31-56-61-57(32-40)73-54-26-23-43(63(2,3)4)33-45(54)41-19-21-42(22-20-41)69(15,16)59-39-68(13,14)50-36-53(55(73)37-52(50)70(59,17)18)71(61)60-46-35-49-51(67(11,12)30-29-66(49,9)10)38-58(46)74-62(60)72(56)44-24-25-47-48(34-44)65(7,8)28-27-64(47,5)6/h19-26,31-38,59H,27-30,39H2,1-18H3. The fourth-order valence-electron chi connectivity index (χ4n) is 16.0. The zero-order valence-corrected chi connectivity index (χ0v) is 49.0. The van der Waals surface area contributed by atoms with Crippen molar-refractivity contribution in [2.24, 2.45) is 5.92 Å². The van der Waals surface area contributed by atoms with Crippen molar-refractivity contribution in [3.63, 3.8) is 0 Å². The number of hydrogen-bond donors (Lipinski definition) is 0. The molecule has 5 heterocycles. The molecule has 0 fully saturated rings. The Labute approximate surface area is 449 Å². The lowest BCUT2D eigenvalue weighted by atomic mass is 9.33. The van der Waals surface area contributed by atoms with Crippen molar-refractivity contribution >= 4 is 78.0 Å². The van der Waals surface area contributed by atoms with Crippen LogP contribution in [0.4, 0.5) is 33.4 Å². The second-order valence-electron chi connectivity index (χ2n) is 29.9. The van der Waals surface area contributed by atoms with Crippen molar-refractivity contribution in [3.8, 4) is 11.1 Å². The highest BCUT2D eigenvalue weighted by molar-refractivity contribution is 7.26. The Hall–Kier alpha value is -5.06. The van der Waals surface area contributed by atoms with Gasteiger partial charge in [0.15, 0.2) is 0 Å². The number of thiophene rings is 1. The molecule has 74 heavy (non-hydrogen) atoms. The third kappa shape index (κ3) is 6.60. The van der Waals surface area contributed by atoms with Gasteiger partial charge < -0.3 is 9.80 Å². The SMILES string of the molecule is Cc1cc2c3c(c1)N(c1ccc4c(c1)C(C)(C)CCC4(C)C)c1sc4cc5c(cc4c1B3c1cc3c4cc1N2c1ccc(C(C)(C)C)cc1-c1ccc(cc1)C(C)(C)C(CC3(C)C)C4(C)C)C(C)(C)CCC5(C)C. The van der Waals surface area contributed by atoms with E-state index in [9.17, 15) is 0 Å². The predicted octanol–water partition coefficient (Wildman–Crippen LogP) is 17.8. The number of fused-ring (bicyclic) bond motifs is 9. The van der Waals surface area contributed by atoms with Gasteiger partial charge in [-0.25, -0.2) is 0 Å². The van der Waals surface area contributed by atoms with E-state index in [0.29, 0.717) is 5.92 Å². The lowest BCUT2D eigenvalue weighted by molar-refractivity contribution is 0.134. The summed E-state index contributed by atoms with van der Waals surface area (Å²) in [6, 6.07) is 40.9. The average Bonchev–Trinajstić information content (AvgIpc) is 3.70. The highest BCUT2D eigenvalue weighted by Crippen LogP contribution is 2.59. The molecule has 0 spiro atoms. The van der Waals surface area contributed by atoms with E-state index in [1.807, 2.05) is 0 Å². The van der Waals surface area contributed by atoms with Crippen molar-refractivity contribution in [2.45, 2.75) is 200 Å². The molecule has 6 aromatic carbocycles. The number of anilines is 6. The third-order valence-corrected chi connectivity index (χ3v) is 22.1. The van der Waals surface area contributed by atoms with Gasteiger partial charge >= 0.3 is 0 Å². The molecule has 0 N–H and O–H groups in total. The van der Waals surface area contributed by atoms with E-state index in [1.54, 1.807) is 11.1 Å². The molecule has 1 atom stereocenters. The van der Waals surface area contributed by atoms with Crippen LogP contribution in [0.15, 0.2) is 97.1 Å². The van der Waals surface area contributed by atoms with Crippen LogP contribution >= 0.6 is 11.3 Å². The second kappa shape index (κ2) is 14.9. The molecule has 3 aliphatic carbocycles. The Bertz CT molecular complexity index is 3580. The lowest BCUT2D eigenvalue weighted by Gasteiger charge is -2.54. The molecule has 4 heteroatoms. The molecule has 2 nitrogen and oxygen atoms in total. The molecule has 380 valence electrons. The number of hydrogen-bond acceptors (Lipinski definition) is 3. The van der Waals surface area contributed by atoms with Crippen LogP contribution in [0.3, 0.4) is 0 Å². The quantitative estimate of drug-likeness (QED) is 0.151. The molecule has 7 aromatic rings. The smallest absolute Gasteiger partial charge is 0.254 e. The maximum atomic E-state index is 2.77. The van der Waals surface area contributed by atoms with Crippen molar-refractivity contribution in [2.75, 3.05) is 9.80 Å². The molecule has 1 unspecified atom stereocenters. The van der Waals surface area contributed by atoms with Crippen molar-refractivity contribution in [3.05, 3.63) is 147 Å². The van der Waals surface area contributed by atoms with E-state index in [1.165, 1.54) is 136 Å². The monoisotopic (exact) mass is 993 g/mol. The van der Waals surface area contributed by atoms with Gasteiger partial charge in [0.1, 0.15) is 0 Å². The molecule has 0 radical (unpaired) electrons. The third-order valence-electron chi connectivity index (χ3n) is 21.0. The van der Waals surface area contributed by atoms with Crippen LogP contribution < -0.4 is 26.2 Å². The zero-order valence-electron chi connectivity index (χ0n) is 48.2. The normalized spacial score (nSPS) is 22.2. The Kier molecular flexibility index (Phi) is 9.78. The molecule has 0 amide bonds. The molecule has 5 bridgehead atoms. The van der Waals surface area contributed by atoms with Gasteiger partial charge in [0.05, 0.1) is 10.7 Å². The zero-order chi connectivity index (χ0) is 52.6. The summed E-state index contributed by atoms with van der Waals surface area (Å²) in [5.41, 5.74) is 26.8.